The van der Waals surface area contributed by atoms with Crippen molar-refractivity contribution in [1.82, 2.24) is 4.98 Å². The van der Waals surface area contributed by atoms with Crippen LogP contribution in [0, 0.1) is 0 Å². The van der Waals surface area contributed by atoms with Crippen molar-refractivity contribution in [3.8, 4) is 0 Å². The molecular weight excluding hydrogens is 266 g/mol. The second-order valence-electron chi connectivity index (χ2n) is 3.69. The van der Waals surface area contributed by atoms with E-state index in [-0.39, 0.29) is 5.78 Å². The zero-order valence-corrected chi connectivity index (χ0v) is 11.5. The number of halogens is 1. The molecular formula is C14H12ClNOS. The molecule has 0 fully saturated rings. The third-order valence-corrected chi connectivity index (χ3v) is 3.88. The molecule has 1 heterocycles. The number of carbonyl (C=O) groups excluding carboxylic acids is 1. The normalized spacial score (nSPS) is 10.3. The Morgan fingerprint density at radius 1 is 1.28 bits per heavy atom. The van der Waals surface area contributed by atoms with Crippen molar-refractivity contribution in [3.63, 3.8) is 0 Å². The number of rotatable bonds is 4. The summed E-state index contributed by atoms with van der Waals surface area (Å²) in [6, 6.07) is 11.1. The first-order valence-electron chi connectivity index (χ1n) is 5.62. The molecule has 2 nitrogen and oxygen atoms in total. The molecule has 18 heavy (non-hydrogen) atoms. The lowest BCUT2D eigenvalue weighted by atomic mass is 10.1. The van der Waals surface area contributed by atoms with Gasteiger partial charge in [-0.25, -0.2) is 4.98 Å². The van der Waals surface area contributed by atoms with Crippen LogP contribution in [-0.2, 0) is 0 Å². The predicted molar refractivity (Wildman–Crippen MR) is 74.4 cm³/mol. The number of pyridine rings is 1. The van der Waals surface area contributed by atoms with Gasteiger partial charge in [0.05, 0.1) is 5.02 Å². The van der Waals surface area contributed by atoms with Crippen LogP contribution < -0.4 is 0 Å². The minimum atomic E-state index is 0.155. The first kappa shape index (κ1) is 13.1. The van der Waals surface area contributed by atoms with Crippen LogP contribution in [0.2, 0.25) is 5.02 Å². The van der Waals surface area contributed by atoms with Crippen LogP contribution in [0.1, 0.15) is 23.7 Å². The molecule has 0 saturated heterocycles. The zero-order chi connectivity index (χ0) is 13.0. The molecule has 0 radical (unpaired) electrons. The summed E-state index contributed by atoms with van der Waals surface area (Å²) in [6.45, 7) is 1.86. The van der Waals surface area contributed by atoms with Crippen LogP contribution in [0.15, 0.2) is 52.5 Å². The number of carbonyl (C=O) groups is 1. The van der Waals surface area contributed by atoms with E-state index >= 15 is 0 Å². The van der Waals surface area contributed by atoms with Crippen LogP contribution >= 0.6 is 23.4 Å². The van der Waals surface area contributed by atoms with E-state index in [4.69, 9.17) is 11.6 Å². The lowest BCUT2D eigenvalue weighted by Gasteiger charge is -2.03. The Labute approximate surface area is 115 Å². The maximum absolute atomic E-state index is 11.5. The van der Waals surface area contributed by atoms with Crippen LogP contribution in [0.3, 0.4) is 0 Å². The number of Topliss-reactive ketones (excluding diaryl/α,β-unsaturated/α-hetero) is 1. The molecule has 0 saturated carbocycles. The van der Waals surface area contributed by atoms with E-state index < -0.39 is 0 Å². The number of hydrogen-bond acceptors (Lipinski definition) is 3. The fraction of sp³-hybridized carbons (Fsp3) is 0.143. The zero-order valence-electron chi connectivity index (χ0n) is 9.89. The van der Waals surface area contributed by atoms with Crippen molar-refractivity contribution in [3.05, 3.63) is 53.2 Å². The van der Waals surface area contributed by atoms with Crippen molar-refractivity contribution < 1.29 is 4.79 Å². The molecule has 0 unspecified atom stereocenters. The molecule has 92 valence electrons. The Bertz CT molecular complexity index is 554. The third-order valence-electron chi connectivity index (χ3n) is 2.44. The highest BCUT2D eigenvalue weighted by Crippen LogP contribution is 2.31. The first-order chi connectivity index (χ1) is 8.70. The van der Waals surface area contributed by atoms with Gasteiger partial charge in [-0.2, -0.15) is 0 Å². The Balaban J connectivity index is 2.16. The van der Waals surface area contributed by atoms with E-state index in [1.807, 2.05) is 37.3 Å². The van der Waals surface area contributed by atoms with Gasteiger partial charge in [-0.1, -0.05) is 42.4 Å². The fourth-order valence-electron chi connectivity index (χ4n) is 1.47. The molecule has 4 heteroatoms. The van der Waals surface area contributed by atoms with Crippen molar-refractivity contribution in [1.29, 1.82) is 0 Å². The molecule has 0 aliphatic heterocycles. The highest BCUT2D eigenvalue weighted by molar-refractivity contribution is 7.99. The summed E-state index contributed by atoms with van der Waals surface area (Å²) in [5.41, 5.74) is 0.744. The van der Waals surface area contributed by atoms with Crippen LogP contribution in [0.5, 0.6) is 0 Å². The van der Waals surface area contributed by atoms with Gasteiger partial charge >= 0.3 is 0 Å². The maximum Gasteiger partial charge on any atom is 0.162 e. The largest absolute Gasteiger partial charge is 0.294 e. The van der Waals surface area contributed by atoms with Crippen molar-refractivity contribution in [2.75, 3.05) is 0 Å². The first-order valence-corrected chi connectivity index (χ1v) is 6.81. The van der Waals surface area contributed by atoms with Gasteiger partial charge < -0.3 is 0 Å². The van der Waals surface area contributed by atoms with Crippen molar-refractivity contribution in [2.45, 2.75) is 23.3 Å². The molecule has 0 amide bonds. The van der Waals surface area contributed by atoms with Crippen LogP contribution in [0.4, 0.5) is 0 Å². The molecule has 0 spiro atoms. The van der Waals surface area contributed by atoms with Gasteiger partial charge in [0.2, 0.25) is 0 Å². The highest BCUT2D eigenvalue weighted by Gasteiger charge is 2.05. The number of hydrogen-bond donors (Lipinski definition) is 0. The highest BCUT2D eigenvalue weighted by atomic mass is 35.5. The average Bonchev–Trinajstić information content (AvgIpc) is 2.41. The van der Waals surface area contributed by atoms with E-state index in [0.29, 0.717) is 11.4 Å². The van der Waals surface area contributed by atoms with Gasteiger partial charge in [0.1, 0.15) is 5.03 Å². The molecule has 2 aromatic rings. The van der Waals surface area contributed by atoms with Gasteiger partial charge in [0, 0.05) is 23.1 Å². The quantitative estimate of drug-likeness (QED) is 0.772. The van der Waals surface area contributed by atoms with Crippen molar-refractivity contribution >= 4 is 29.1 Å². The summed E-state index contributed by atoms with van der Waals surface area (Å²) < 4.78 is 0. The van der Waals surface area contributed by atoms with E-state index in [0.717, 1.165) is 15.5 Å². The third kappa shape index (κ3) is 3.12. The Morgan fingerprint density at radius 3 is 2.61 bits per heavy atom. The lowest BCUT2D eigenvalue weighted by molar-refractivity contribution is 0.0988. The van der Waals surface area contributed by atoms with Crippen LogP contribution in [0.25, 0.3) is 0 Å². The summed E-state index contributed by atoms with van der Waals surface area (Å²) in [5.74, 6) is 0.155. The SMILES string of the molecule is CCC(=O)c1ccc(Sc2ncccc2Cl)cc1. The molecule has 0 aliphatic rings. The van der Waals surface area contributed by atoms with Gasteiger partial charge in [-0.15, -0.1) is 0 Å². The van der Waals surface area contributed by atoms with E-state index in [1.54, 1.807) is 12.3 Å². The molecule has 0 bridgehead atoms. The monoisotopic (exact) mass is 277 g/mol. The molecule has 1 aromatic heterocycles. The lowest BCUT2D eigenvalue weighted by Crippen LogP contribution is -1.95. The number of ketones is 1. The minimum absolute atomic E-state index is 0.155. The standard InChI is InChI=1S/C14H12ClNOS/c1-2-13(17)10-5-7-11(8-6-10)18-14-12(15)4-3-9-16-14/h3-9H,2H2,1H3. The van der Waals surface area contributed by atoms with Crippen LogP contribution in [-0.4, -0.2) is 10.8 Å². The summed E-state index contributed by atoms with van der Waals surface area (Å²) in [5, 5.41) is 1.41. The second-order valence-corrected chi connectivity index (χ2v) is 5.16. The Morgan fingerprint density at radius 2 is 2.00 bits per heavy atom. The van der Waals surface area contributed by atoms with Gasteiger partial charge in [-0.3, -0.25) is 4.79 Å². The summed E-state index contributed by atoms with van der Waals surface area (Å²) in [6.07, 6.45) is 2.24. The molecule has 0 atom stereocenters. The number of nitrogens with zero attached hydrogens (tertiary/aromatic N) is 1. The van der Waals surface area contributed by atoms with E-state index in [1.165, 1.54) is 11.8 Å². The topological polar surface area (TPSA) is 30.0 Å². The smallest absolute Gasteiger partial charge is 0.162 e. The van der Waals surface area contributed by atoms with Gasteiger partial charge in [-0.05, 0) is 24.3 Å². The second kappa shape index (κ2) is 6.03. The summed E-state index contributed by atoms with van der Waals surface area (Å²) in [7, 11) is 0. The predicted octanol–water partition coefficient (Wildman–Crippen LogP) is 4.48. The molecule has 0 N–H and O–H groups in total. The number of benzene rings is 1. The summed E-state index contributed by atoms with van der Waals surface area (Å²) >= 11 is 7.53. The molecule has 0 aliphatic carbocycles. The maximum atomic E-state index is 11.5. The fourth-order valence-corrected chi connectivity index (χ4v) is 2.48. The van der Waals surface area contributed by atoms with Gasteiger partial charge in [0.15, 0.2) is 5.78 Å². The Hall–Kier alpha value is -1.32. The molecule has 2 rings (SSSR count). The summed E-state index contributed by atoms with van der Waals surface area (Å²) in [4.78, 5) is 16.7. The Kier molecular flexibility index (Phi) is 4.39. The van der Waals surface area contributed by atoms with E-state index in [9.17, 15) is 4.79 Å². The van der Waals surface area contributed by atoms with Gasteiger partial charge in [0.25, 0.3) is 0 Å². The average molecular weight is 278 g/mol. The van der Waals surface area contributed by atoms with Crippen molar-refractivity contribution in [2.24, 2.45) is 0 Å². The number of aromatic nitrogens is 1. The molecule has 1 aromatic carbocycles. The van der Waals surface area contributed by atoms with E-state index in [2.05, 4.69) is 4.98 Å². The minimum Gasteiger partial charge on any atom is -0.294 e.